The van der Waals surface area contributed by atoms with Crippen LogP contribution >= 0.6 is 11.3 Å². The smallest absolute Gasteiger partial charge is 0.128 e. The molecular formula is C29H25NOS. The predicted octanol–water partition coefficient (Wildman–Crippen LogP) is 8.30. The molecule has 0 aliphatic rings. The van der Waals surface area contributed by atoms with E-state index >= 15 is 0 Å². The second kappa shape index (κ2) is 7.92. The van der Waals surface area contributed by atoms with Gasteiger partial charge in [-0.25, -0.2) is 4.98 Å². The van der Waals surface area contributed by atoms with E-state index < -0.39 is 0 Å². The number of aromatic nitrogens is 1. The van der Waals surface area contributed by atoms with E-state index in [0.29, 0.717) is 0 Å². The summed E-state index contributed by atoms with van der Waals surface area (Å²) in [6.45, 7) is 6.71. The fourth-order valence-corrected chi connectivity index (χ4v) is 4.99. The third kappa shape index (κ3) is 3.80. The Hall–Kier alpha value is -3.43. The first-order valence-corrected chi connectivity index (χ1v) is 11.6. The maximum Gasteiger partial charge on any atom is 0.128 e. The van der Waals surface area contributed by atoms with E-state index in [1.54, 1.807) is 17.4 Å². The van der Waals surface area contributed by atoms with E-state index in [1.165, 1.54) is 16.7 Å². The number of nitrogens with zero attached hydrogens (tertiary/aromatic N) is 1. The average molecular weight is 436 g/mol. The van der Waals surface area contributed by atoms with Gasteiger partial charge in [0.2, 0.25) is 0 Å². The summed E-state index contributed by atoms with van der Waals surface area (Å²) < 4.78 is 1.14. The molecule has 1 aromatic heterocycles. The molecule has 0 aliphatic heterocycles. The standard InChI is InChI=1S/C29H25NOS/c1-29(2,3)22-17-24(21-15-13-20(14-16-21)19-9-5-4-6-10-19)27-26(18-22)32-28(30-27)23-11-7-8-12-25(23)31/h4-18,31H,1-3H3. The lowest BCUT2D eigenvalue weighted by Crippen LogP contribution is -2.10. The Labute approximate surface area is 192 Å². The molecule has 0 saturated carbocycles. The molecule has 32 heavy (non-hydrogen) atoms. The Morgan fingerprint density at radius 1 is 0.688 bits per heavy atom. The molecule has 1 heterocycles. The van der Waals surface area contributed by atoms with Crippen molar-refractivity contribution in [3.05, 3.63) is 96.6 Å². The van der Waals surface area contributed by atoms with Crippen molar-refractivity contribution < 1.29 is 5.11 Å². The van der Waals surface area contributed by atoms with Crippen LogP contribution in [0.5, 0.6) is 5.75 Å². The van der Waals surface area contributed by atoms with Gasteiger partial charge in [-0.3, -0.25) is 0 Å². The number of phenolic OH excluding ortho intramolecular Hbond substituents is 1. The van der Waals surface area contributed by atoms with Crippen molar-refractivity contribution in [2.24, 2.45) is 0 Å². The summed E-state index contributed by atoms with van der Waals surface area (Å²) in [5.41, 5.74) is 7.74. The highest BCUT2D eigenvalue weighted by atomic mass is 32.1. The van der Waals surface area contributed by atoms with Crippen molar-refractivity contribution in [3.63, 3.8) is 0 Å². The van der Waals surface area contributed by atoms with Gasteiger partial charge >= 0.3 is 0 Å². The van der Waals surface area contributed by atoms with Gasteiger partial charge in [0.15, 0.2) is 0 Å². The molecule has 0 aliphatic carbocycles. The number of rotatable bonds is 3. The van der Waals surface area contributed by atoms with E-state index in [1.807, 2.05) is 24.3 Å². The maximum atomic E-state index is 10.4. The number of aromatic hydroxyl groups is 1. The van der Waals surface area contributed by atoms with Crippen molar-refractivity contribution >= 4 is 21.6 Å². The lowest BCUT2D eigenvalue weighted by Gasteiger charge is -2.20. The molecule has 158 valence electrons. The molecule has 0 saturated heterocycles. The van der Waals surface area contributed by atoms with Crippen LogP contribution in [0.2, 0.25) is 0 Å². The summed E-state index contributed by atoms with van der Waals surface area (Å²) >= 11 is 1.63. The minimum atomic E-state index is 0.0198. The van der Waals surface area contributed by atoms with Crippen LogP contribution in [0, 0.1) is 0 Å². The van der Waals surface area contributed by atoms with Gasteiger partial charge in [-0.15, -0.1) is 11.3 Å². The number of para-hydroxylation sites is 1. The van der Waals surface area contributed by atoms with Crippen LogP contribution in [0.25, 0.3) is 43.0 Å². The van der Waals surface area contributed by atoms with Crippen molar-refractivity contribution in [1.82, 2.24) is 4.98 Å². The molecule has 0 radical (unpaired) electrons. The summed E-state index contributed by atoms with van der Waals surface area (Å²) in [7, 11) is 0. The van der Waals surface area contributed by atoms with E-state index in [9.17, 15) is 5.11 Å². The third-order valence-electron chi connectivity index (χ3n) is 5.80. The molecule has 0 amide bonds. The van der Waals surface area contributed by atoms with Gasteiger partial charge in [-0.2, -0.15) is 0 Å². The Morgan fingerprint density at radius 3 is 2.00 bits per heavy atom. The Kier molecular flexibility index (Phi) is 5.07. The number of thiazole rings is 1. The van der Waals surface area contributed by atoms with Gasteiger partial charge in [0, 0.05) is 5.56 Å². The van der Waals surface area contributed by atoms with Crippen LogP contribution in [-0.2, 0) is 5.41 Å². The zero-order valence-electron chi connectivity index (χ0n) is 18.5. The molecule has 0 spiro atoms. The predicted molar refractivity (Wildman–Crippen MR) is 136 cm³/mol. The number of hydrogen-bond acceptors (Lipinski definition) is 3. The third-order valence-corrected chi connectivity index (χ3v) is 6.83. The van der Waals surface area contributed by atoms with E-state index in [4.69, 9.17) is 4.98 Å². The molecule has 2 nitrogen and oxygen atoms in total. The molecule has 1 N–H and O–H groups in total. The quantitative estimate of drug-likeness (QED) is 0.309. The van der Waals surface area contributed by atoms with Crippen LogP contribution in [0.3, 0.4) is 0 Å². The number of benzene rings is 4. The number of phenols is 1. The fourth-order valence-electron chi connectivity index (χ4n) is 3.93. The minimum absolute atomic E-state index is 0.0198. The summed E-state index contributed by atoms with van der Waals surface area (Å²) in [6.07, 6.45) is 0. The largest absolute Gasteiger partial charge is 0.507 e. The van der Waals surface area contributed by atoms with Gasteiger partial charge in [0.1, 0.15) is 10.8 Å². The Morgan fingerprint density at radius 2 is 1.31 bits per heavy atom. The highest BCUT2D eigenvalue weighted by Gasteiger charge is 2.20. The summed E-state index contributed by atoms with van der Waals surface area (Å²) in [5, 5.41) is 11.2. The molecule has 4 aromatic carbocycles. The Balaban J connectivity index is 1.68. The minimum Gasteiger partial charge on any atom is -0.507 e. The second-order valence-corrected chi connectivity index (χ2v) is 10.1. The summed E-state index contributed by atoms with van der Waals surface area (Å²) in [5.74, 6) is 0.261. The molecule has 5 rings (SSSR count). The molecular weight excluding hydrogens is 410 g/mol. The molecule has 0 unspecified atom stereocenters. The van der Waals surface area contributed by atoms with Crippen LogP contribution in [0.4, 0.5) is 0 Å². The topological polar surface area (TPSA) is 33.1 Å². The molecule has 3 heteroatoms. The average Bonchev–Trinajstić information content (AvgIpc) is 3.23. The highest BCUT2D eigenvalue weighted by molar-refractivity contribution is 7.21. The molecule has 5 aromatic rings. The van der Waals surface area contributed by atoms with Crippen LogP contribution < -0.4 is 0 Å². The first-order valence-electron chi connectivity index (χ1n) is 10.8. The maximum absolute atomic E-state index is 10.4. The monoisotopic (exact) mass is 435 g/mol. The lowest BCUT2D eigenvalue weighted by molar-refractivity contribution is 0.477. The van der Waals surface area contributed by atoms with Gasteiger partial charge in [-0.1, -0.05) is 87.5 Å². The van der Waals surface area contributed by atoms with E-state index in [0.717, 1.165) is 31.9 Å². The van der Waals surface area contributed by atoms with Gasteiger partial charge in [0.25, 0.3) is 0 Å². The van der Waals surface area contributed by atoms with E-state index in [2.05, 4.69) is 81.4 Å². The second-order valence-electron chi connectivity index (χ2n) is 9.10. The molecule has 0 atom stereocenters. The van der Waals surface area contributed by atoms with Crippen molar-refractivity contribution in [2.45, 2.75) is 26.2 Å². The van der Waals surface area contributed by atoms with Crippen molar-refractivity contribution in [3.8, 4) is 38.6 Å². The SMILES string of the molecule is CC(C)(C)c1cc(-c2ccc(-c3ccccc3)cc2)c2nc(-c3ccccc3O)sc2c1. The normalized spacial score (nSPS) is 11.7. The Bertz CT molecular complexity index is 1390. The van der Waals surface area contributed by atoms with E-state index in [-0.39, 0.29) is 11.2 Å². The van der Waals surface area contributed by atoms with Gasteiger partial charge in [0.05, 0.1) is 15.8 Å². The fraction of sp³-hybridized carbons (Fsp3) is 0.138. The van der Waals surface area contributed by atoms with Crippen LogP contribution in [-0.4, -0.2) is 10.1 Å². The zero-order valence-corrected chi connectivity index (χ0v) is 19.3. The first-order chi connectivity index (χ1) is 15.4. The molecule has 0 fully saturated rings. The first kappa shape index (κ1) is 20.5. The van der Waals surface area contributed by atoms with Gasteiger partial charge < -0.3 is 5.11 Å². The summed E-state index contributed by atoms with van der Waals surface area (Å²) in [6, 6.07) is 31.1. The number of fused-ring (bicyclic) bond motifs is 1. The highest BCUT2D eigenvalue weighted by Crippen LogP contribution is 2.41. The van der Waals surface area contributed by atoms with Gasteiger partial charge in [-0.05, 0) is 51.9 Å². The molecule has 0 bridgehead atoms. The lowest BCUT2D eigenvalue weighted by atomic mass is 9.85. The van der Waals surface area contributed by atoms with Crippen LogP contribution in [0.15, 0.2) is 91.0 Å². The van der Waals surface area contributed by atoms with Crippen molar-refractivity contribution in [2.75, 3.05) is 0 Å². The van der Waals surface area contributed by atoms with Crippen LogP contribution in [0.1, 0.15) is 26.3 Å². The summed E-state index contributed by atoms with van der Waals surface area (Å²) in [4.78, 5) is 4.98. The van der Waals surface area contributed by atoms with Crippen molar-refractivity contribution in [1.29, 1.82) is 0 Å². The zero-order chi connectivity index (χ0) is 22.3. The number of hydrogen-bond donors (Lipinski definition) is 1.